The van der Waals surface area contributed by atoms with Crippen LogP contribution < -0.4 is 14.5 Å². The number of methoxy groups -OCH3 is 1. The molecule has 0 spiro atoms. The largest absolute Gasteiger partial charge is 0.497 e. The van der Waals surface area contributed by atoms with Gasteiger partial charge in [0.25, 0.3) is 5.91 Å². The number of pyridine rings is 1. The number of nitrogens with zero attached hydrogens (tertiary/aromatic N) is 4. The van der Waals surface area contributed by atoms with Crippen molar-refractivity contribution in [3.63, 3.8) is 0 Å². The highest BCUT2D eigenvalue weighted by atomic mass is 16.5. The fraction of sp³-hybridized carbons (Fsp3) is 0.478. The molecule has 0 aliphatic carbocycles. The number of ether oxygens (including phenoxy) is 1. The molecule has 6 nitrogen and oxygen atoms in total. The van der Waals surface area contributed by atoms with Crippen molar-refractivity contribution < 1.29 is 9.53 Å². The minimum Gasteiger partial charge on any atom is -0.497 e. The van der Waals surface area contributed by atoms with Gasteiger partial charge in [-0.1, -0.05) is 12.8 Å². The van der Waals surface area contributed by atoms with E-state index in [0.29, 0.717) is 18.8 Å². The molecule has 2 aliphatic heterocycles. The van der Waals surface area contributed by atoms with Gasteiger partial charge < -0.3 is 19.4 Å². The lowest BCUT2D eigenvalue weighted by molar-refractivity contribution is 0.0741. The van der Waals surface area contributed by atoms with E-state index < -0.39 is 0 Å². The van der Waals surface area contributed by atoms with E-state index in [0.717, 1.165) is 37.6 Å². The number of amides is 1. The summed E-state index contributed by atoms with van der Waals surface area (Å²) in [5.41, 5.74) is 2.85. The summed E-state index contributed by atoms with van der Waals surface area (Å²) in [6, 6.07) is 12.1. The quantitative estimate of drug-likeness (QED) is 0.795. The average molecular weight is 395 g/mol. The van der Waals surface area contributed by atoms with E-state index in [1.54, 1.807) is 13.3 Å². The van der Waals surface area contributed by atoms with Gasteiger partial charge in [0.05, 0.1) is 7.11 Å². The van der Waals surface area contributed by atoms with Crippen LogP contribution in [0.25, 0.3) is 0 Å². The Balaban J connectivity index is 1.38. The summed E-state index contributed by atoms with van der Waals surface area (Å²) in [6.45, 7) is 5.20. The van der Waals surface area contributed by atoms with Crippen molar-refractivity contribution in [3.8, 4) is 5.75 Å². The van der Waals surface area contributed by atoms with Crippen molar-refractivity contribution >= 4 is 17.3 Å². The van der Waals surface area contributed by atoms with Crippen LogP contribution in [0.1, 0.15) is 36.2 Å². The third-order valence-corrected chi connectivity index (χ3v) is 5.94. The molecule has 3 heterocycles. The second kappa shape index (κ2) is 9.16. The lowest BCUT2D eigenvalue weighted by Crippen LogP contribution is -2.49. The molecular weight excluding hydrogens is 364 g/mol. The van der Waals surface area contributed by atoms with Crippen LogP contribution in [0.2, 0.25) is 0 Å². The first-order valence-electron chi connectivity index (χ1n) is 10.6. The number of benzene rings is 1. The zero-order valence-electron chi connectivity index (χ0n) is 17.2. The van der Waals surface area contributed by atoms with Gasteiger partial charge >= 0.3 is 0 Å². The topological polar surface area (TPSA) is 48.9 Å². The number of hydrogen-bond donors (Lipinski definition) is 0. The first-order chi connectivity index (χ1) is 14.2. The molecule has 0 bridgehead atoms. The lowest BCUT2D eigenvalue weighted by atomic mass is 10.2. The first kappa shape index (κ1) is 19.6. The summed E-state index contributed by atoms with van der Waals surface area (Å²) in [4.78, 5) is 24.1. The van der Waals surface area contributed by atoms with E-state index in [4.69, 9.17) is 4.74 Å². The molecule has 2 fully saturated rings. The van der Waals surface area contributed by atoms with Gasteiger partial charge in [-0.3, -0.25) is 9.78 Å². The highest BCUT2D eigenvalue weighted by molar-refractivity contribution is 5.93. The van der Waals surface area contributed by atoms with Crippen LogP contribution in [-0.2, 0) is 0 Å². The van der Waals surface area contributed by atoms with Gasteiger partial charge in [0.15, 0.2) is 0 Å². The van der Waals surface area contributed by atoms with Gasteiger partial charge in [-0.05, 0) is 49.2 Å². The lowest BCUT2D eigenvalue weighted by Gasteiger charge is -2.36. The second-order valence-corrected chi connectivity index (χ2v) is 7.78. The molecule has 0 radical (unpaired) electrons. The Kier molecular flexibility index (Phi) is 6.17. The zero-order valence-corrected chi connectivity index (χ0v) is 17.2. The van der Waals surface area contributed by atoms with Crippen LogP contribution in [0.3, 0.4) is 0 Å². The van der Waals surface area contributed by atoms with E-state index in [1.807, 2.05) is 29.2 Å². The second-order valence-electron chi connectivity index (χ2n) is 7.78. The molecule has 2 saturated heterocycles. The van der Waals surface area contributed by atoms with Crippen molar-refractivity contribution in [3.05, 3.63) is 48.3 Å². The minimum atomic E-state index is 0.0380. The Hall–Kier alpha value is -2.76. The molecule has 0 unspecified atom stereocenters. The summed E-state index contributed by atoms with van der Waals surface area (Å²) in [7, 11) is 1.68. The van der Waals surface area contributed by atoms with E-state index in [1.165, 1.54) is 31.4 Å². The number of rotatable bonds is 4. The maximum Gasteiger partial charge on any atom is 0.272 e. The zero-order chi connectivity index (χ0) is 20.1. The smallest absolute Gasteiger partial charge is 0.272 e. The van der Waals surface area contributed by atoms with Gasteiger partial charge in [0, 0.05) is 56.8 Å². The molecule has 6 heteroatoms. The number of aromatic nitrogens is 1. The van der Waals surface area contributed by atoms with Gasteiger partial charge in [-0.15, -0.1) is 0 Å². The molecule has 2 aliphatic rings. The maximum absolute atomic E-state index is 13.0. The molecule has 29 heavy (non-hydrogen) atoms. The Morgan fingerprint density at radius 1 is 0.828 bits per heavy atom. The molecule has 0 N–H and O–H groups in total. The molecule has 1 aromatic carbocycles. The van der Waals surface area contributed by atoms with Gasteiger partial charge in [-0.2, -0.15) is 0 Å². The highest BCUT2D eigenvalue weighted by Crippen LogP contribution is 2.23. The van der Waals surface area contributed by atoms with Gasteiger partial charge in [0.2, 0.25) is 0 Å². The normalized spacial score (nSPS) is 17.8. The average Bonchev–Trinajstić information content (AvgIpc) is 3.09. The highest BCUT2D eigenvalue weighted by Gasteiger charge is 2.24. The first-order valence-corrected chi connectivity index (χ1v) is 10.6. The maximum atomic E-state index is 13.0. The van der Waals surface area contributed by atoms with Crippen molar-refractivity contribution in [1.29, 1.82) is 0 Å². The predicted octanol–water partition coefficient (Wildman–Crippen LogP) is 3.43. The molecule has 4 rings (SSSR count). The van der Waals surface area contributed by atoms with E-state index >= 15 is 0 Å². The SMILES string of the molecule is COc1ccc(N2CCN(C(=O)c3cc(N4CCCCCC4)ccn3)CC2)cc1. The van der Waals surface area contributed by atoms with E-state index in [9.17, 15) is 4.79 Å². The summed E-state index contributed by atoms with van der Waals surface area (Å²) >= 11 is 0. The number of hydrogen-bond acceptors (Lipinski definition) is 5. The molecule has 0 atom stereocenters. The molecule has 1 aromatic heterocycles. The van der Waals surface area contributed by atoms with Crippen LogP contribution in [0.4, 0.5) is 11.4 Å². The Labute approximate surface area is 173 Å². The van der Waals surface area contributed by atoms with E-state index in [2.05, 4.69) is 26.9 Å². The predicted molar refractivity (Wildman–Crippen MR) is 116 cm³/mol. The van der Waals surface area contributed by atoms with Crippen molar-refractivity contribution in [1.82, 2.24) is 9.88 Å². The number of carbonyl (C=O) groups is 1. The minimum absolute atomic E-state index is 0.0380. The summed E-state index contributed by atoms with van der Waals surface area (Å²) in [6.07, 6.45) is 6.82. The van der Waals surface area contributed by atoms with Crippen molar-refractivity contribution in [2.45, 2.75) is 25.7 Å². The standard InChI is InChI=1S/C23H30N4O2/c1-29-21-8-6-19(7-9-21)26-14-16-27(17-15-26)23(28)22-18-20(10-11-24-22)25-12-4-2-3-5-13-25/h6-11,18H,2-5,12-17H2,1H3. The van der Waals surface area contributed by atoms with Crippen LogP contribution in [0.5, 0.6) is 5.75 Å². The van der Waals surface area contributed by atoms with Crippen molar-refractivity contribution in [2.24, 2.45) is 0 Å². The Bertz CT molecular complexity index is 808. The fourth-order valence-corrected chi connectivity index (χ4v) is 4.18. The fourth-order valence-electron chi connectivity index (χ4n) is 4.18. The monoisotopic (exact) mass is 394 g/mol. The molecule has 154 valence electrons. The Morgan fingerprint density at radius 3 is 2.14 bits per heavy atom. The van der Waals surface area contributed by atoms with Crippen LogP contribution in [-0.4, -0.2) is 62.2 Å². The van der Waals surface area contributed by atoms with Crippen molar-refractivity contribution in [2.75, 3.05) is 56.2 Å². The van der Waals surface area contributed by atoms with Crippen LogP contribution >= 0.6 is 0 Å². The third-order valence-electron chi connectivity index (χ3n) is 5.94. The van der Waals surface area contributed by atoms with E-state index in [-0.39, 0.29) is 5.91 Å². The van der Waals surface area contributed by atoms with Gasteiger partial charge in [0.1, 0.15) is 11.4 Å². The molecular formula is C23H30N4O2. The number of piperazine rings is 1. The van der Waals surface area contributed by atoms with Crippen LogP contribution in [0.15, 0.2) is 42.6 Å². The molecule has 1 amide bonds. The summed E-state index contributed by atoms with van der Waals surface area (Å²) < 4.78 is 5.23. The Morgan fingerprint density at radius 2 is 1.48 bits per heavy atom. The number of anilines is 2. The van der Waals surface area contributed by atoms with Gasteiger partial charge in [-0.25, -0.2) is 0 Å². The molecule has 0 saturated carbocycles. The number of carbonyl (C=O) groups excluding carboxylic acids is 1. The summed E-state index contributed by atoms with van der Waals surface area (Å²) in [5.74, 6) is 0.897. The third kappa shape index (κ3) is 4.63. The molecule has 2 aromatic rings. The summed E-state index contributed by atoms with van der Waals surface area (Å²) in [5, 5.41) is 0. The van der Waals surface area contributed by atoms with Crippen LogP contribution in [0, 0.1) is 0 Å².